The highest BCUT2D eigenvalue weighted by atomic mass is 16.3. The molecule has 0 aromatic heterocycles. The smallest absolute Gasteiger partial charge is 0.241 e. The number of hydrogen-bond acceptors (Lipinski definition) is 3. The van der Waals surface area contributed by atoms with Crippen LogP contribution in [0.15, 0.2) is 66.7 Å². The second-order valence-corrected chi connectivity index (χ2v) is 5.49. The molecule has 0 aliphatic rings. The third-order valence-corrected chi connectivity index (χ3v) is 3.78. The second-order valence-electron chi connectivity index (χ2n) is 5.49. The van der Waals surface area contributed by atoms with Crippen LogP contribution in [0.1, 0.15) is 5.56 Å². The van der Waals surface area contributed by atoms with Gasteiger partial charge in [-0.05, 0) is 35.6 Å². The number of anilines is 1. The Balaban J connectivity index is 1.74. The van der Waals surface area contributed by atoms with E-state index in [1.807, 2.05) is 42.5 Å². The first-order valence-corrected chi connectivity index (χ1v) is 7.45. The third kappa shape index (κ3) is 3.49. The first-order chi connectivity index (χ1) is 11.1. The van der Waals surface area contributed by atoms with Gasteiger partial charge < -0.3 is 16.2 Å². The van der Waals surface area contributed by atoms with E-state index in [0.717, 1.165) is 22.0 Å². The molecule has 3 rings (SSSR count). The van der Waals surface area contributed by atoms with Gasteiger partial charge in [0.05, 0.1) is 6.04 Å². The van der Waals surface area contributed by atoms with Crippen LogP contribution in [0.2, 0.25) is 0 Å². The van der Waals surface area contributed by atoms with Crippen LogP contribution in [0.4, 0.5) is 5.69 Å². The number of nitrogens with two attached hydrogens (primary N) is 1. The lowest BCUT2D eigenvalue weighted by molar-refractivity contribution is -0.117. The van der Waals surface area contributed by atoms with Crippen LogP contribution in [0, 0.1) is 0 Å². The number of benzene rings is 3. The minimum absolute atomic E-state index is 0.197. The molecule has 0 aliphatic carbocycles. The van der Waals surface area contributed by atoms with Crippen molar-refractivity contribution >= 4 is 22.4 Å². The van der Waals surface area contributed by atoms with Gasteiger partial charge in [-0.25, -0.2) is 0 Å². The minimum Gasteiger partial charge on any atom is -0.508 e. The summed E-state index contributed by atoms with van der Waals surface area (Å²) in [4.78, 5) is 12.3. The Morgan fingerprint density at radius 2 is 1.70 bits per heavy atom. The Bertz CT molecular complexity index is 823. The SMILES string of the molecule is NC(Cc1ccc(O)cc1)C(=O)Nc1cccc2ccccc12. The van der Waals surface area contributed by atoms with Gasteiger partial charge in [-0.2, -0.15) is 0 Å². The number of amides is 1. The van der Waals surface area contributed by atoms with E-state index < -0.39 is 6.04 Å². The molecule has 0 spiro atoms. The maximum absolute atomic E-state index is 12.3. The number of fused-ring (bicyclic) bond motifs is 1. The molecule has 3 aromatic rings. The molecule has 1 atom stereocenters. The second kappa shape index (κ2) is 6.50. The summed E-state index contributed by atoms with van der Waals surface area (Å²) in [5.41, 5.74) is 7.67. The van der Waals surface area contributed by atoms with Gasteiger partial charge >= 0.3 is 0 Å². The maximum atomic E-state index is 12.3. The Morgan fingerprint density at radius 1 is 1.00 bits per heavy atom. The zero-order valence-corrected chi connectivity index (χ0v) is 12.6. The van der Waals surface area contributed by atoms with Crippen LogP contribution in [-0.4, -0.2) is 17.1 Å². The normalized spacial score (nSPS) is 12.0. The maximum Gasteiger partial charge on any atom is 0.241 e. The van der Waals surface area contributed by atoms with Gasteiger partial charge in [0.2, 0.25) is 5.91 Å². The van der Waals surface area contributed by atoms with E-state index in [1.54, 1.807) is 24.3 Å². The number of rotatable bonds is 4. The van der Waals surface area contributed by atoms with Crippen LogP contribution in [0.25, 0.3) is 10.8 Å². The molecular weight excluding hydrogens is 288 g/mol. The third-order valence-electron chi connectivity index (χ3n) is 3.78. The van der Waals surface area contributed by atoms with Gasteiger partial charge in [0, 0.05) is 11.1 Å². The van der Waals surface area contributed by atoms with E-state index in [9.17, 15) is 9.90 Å². The highest BCUT2D eigenvalue weighted by Gasteiger charge is 2.15. The number of aromatic hydroxyl groups is 1. The summed E-state index contributed by atoms with van der Waals surface area (Å²) in [6.07, 6.45) is 0.414. The van der Waals surface area contributed by atoms with Crippen molar-refractivity contribution in [3.8, 4) is 5.75 Å². The van der Waals surface area contributed by atoms with Crippen molar-refractivity contribution in [2.24, 2.45) is 5.73 Å². The molecule has 0 saturated carbocycles. The van der Waals surface area contributed by atoms with E-state index in [0.29, 0.717) is 6.42 Å². The Labute approximate surface area is 134 Å². The van der Waals surface area contributed by atoms with Crippen LogP contribution in [0.3, 0.4) is 0 Å². The number of hydrogen-bond donors (Lipinski definition) is 3. The van der Waals surface area contributed by atoms with Crippen LogP contribution >= 0.6 is 0 Å². The molecule has 1 unspecified atom stereocenters. The fourth-order valence-electron chi connectivity index (χ4n) is 2.54. The van der Waals surface area contributed by atoms with E-state index in [4.69, 9.17) is 5.73 Å². The monoisotopic (exact) mass is 306 g/mol. The summed E-state index contributed by atoms with van der Waals surface area (Å²) >= 11 is 0. The molecular formula is C19H18N2O2. The minimum atomic E-state index is -0.654. The topological polar surface area (TPSA) is 75.3 Å². The highest BCUT2D eigenvalue weighted by molar-refractivity contribution is 6.03. The van der Waals surface area contributed by atoms with Crippen molar-refractivity contribution in [1.29, 1.82) is 0 Å². The lowest BCUT2D eigenvalue weighted by Crippen LogP contribution is -2.37. The van der Waals surface area contributed by atoms with Crippen LogP contribution < -0.4 is 11.1 Å². The standard InChI is InChI=1S/C19H18N2O2/c20-17(12-13-8-10-15(22)11-9-13)19(23)21-18-7-3-5-14-4-1-2-6-16(14)18/h1-11,17,22H,12,20H2,(H,21,23). The highest BCUT2D eigenvalue weighted by Crippen LogP contribution is 2.23. The lowest BCUT2D eigenvalue weighted by Gasteiger charge is -2.14. The number of phenolic OH excluding ortho intramolecular Hbond substituents is 1. The molecule has 0 saturated heterocycles. The van der Waals surface area contributed by atoms with Gasteiger partial charge in [-0.1, -0.05) is 48.5 Å². The number of carbonyl (C=O) groups excluding carboxylic acids is 1. The van der Waals surface area contributed by atoms with Crippen molar-refractivity contribution in [2.75, 3.05) is 5.32 Å². The number of phenols is 1. The van der Waals surface area contributed by atoms with Crippen LogP contribution in [0.5, 0.6) is 5.75 Å². The summed E-state index contributed by atoms with van der Waals surface area (Å²) in [7, 11) is 0. The fourth-order valence-corrected chi connectivity index (χ4v) is 2.54. The molecule has 1 amide bonds. The van der Waals surface area contributed by atoms with E-state index in [1.165, 1.54) is 0 Å². The first-order valence-electron chi connectivity index (χ1n) is 7.45. The van der Waals surface area contributed by atoms with Crippen molar-refractivity contribution in [1.82, 2.24) is 0 Å². The molecule has 0 heterocycles. The zero-order chi connectivity index (χ0) is 16.2. The molecule has 116 valence electrons. The van der Waals surface area contributed by atoms with E-state index >= 15 is 0 Å². The van der Waals surface area contributed by atoms with Crippen molar-refractivity contribution in [3.05, 3.63) is 72.3 Å². The largest absolute Gasteiger partial charge is 0.508 e. The summed E-state index contributed by atoms with van der Waals surface area (Å²) in [6.45, 7) is 0. The van der Waals surface area contributed by atoms with Gasteiger partial charge in [-0.15, -0.1) is 0 Å². The molecule has 4 N–H and O–H groups in total. The predicted molar refractivity (Wildman–Crippen MR) is 92.4 cm³/mol. The average Bonchev–Trinajstić information content (AvgIpc) is 2.57. The fraction of sp³-hybridized carbons (Fsp3) is 0.105. The van der Waals surface area contributed by atoms with E-state index in [2.05, 4.69) is 5.32 Å². The average molecular weight is 306 g/mol. The quantitative estimate of drug-likeness (QED) is 0.693. The van der Waals surface area contributed by atoms with Gasteiger partial charge in [0.1, 0.15) is 5.75 Å². The molecule has 0 fully saturated rings. The predicted octanol–water partition coefficient (Wildman–Crippen LogP) is 3.05. The Morgan fingerprint density at radius 3 is 2.48 bits per heavy atom. The van der Waals surface area contributed by atoms with Crippen LogP contribution in [-0.2, 0) is 11.2 Å². The van der Waals surface area contributed by atoms with Gasteiger partial charge in [-0.3, -0.25) is 4.79 Å². The number of carbonyl (C=O) groups is 1. The van der Waals surface area contributed by atoms with Gasteiger partial charge in [0.25, 0.3) is 0 Å². The van der Waals surface area contributed by atoms with Crippen molar-refractivity contribution in [2.45, 2.75) is 12.5 Å². The van der Waals surface area contributed by atoms with E-state index in [-0.39, 0.29) is 11.7 Å². The molecule has 0 aliphatic heterocycles. The summed E-state index contributed by atoms with van der Waals surface area (Å²) in [5.74, 6) is -0.0306. The summed E-state index contributed by atoms with van der Waals surface area (Å²) < 4.78 is 0. The summed E-state index contributed by atoms with van der Waals surface area (Å²) in [6, 6.07) is 19.7. The zero-order valence-electron chi connectivity index (χ0n) is 12.6. The number of nitrogens with one attached hydrogen (secondary N) is 1. The molecule has 0 radical (unpaired) electrons. The molecule has 4 nitrogen and oxygen atoms in total. The molecule has 23 heavy (non-hydrogen) atoms. The lowest BCUT2D eigenvalue weighted by atomic mass is 10.0. The molecule has 3 aromatic carbocycles. The molecule has 4 heteroatoms. The van der Waals surface area contributed by atoms with Gasteiger partial charge in [0.15, 0.2) is 0 Å². The Hall–Kier alpha value is -2.85. The summed E-state index contributed by atoms with van der Waals surface area (Å²) in [5, 5.41) is 14.2. The van der Waals surface area contributed by atoms with Crippen molar-refractivity contribution in [3.63, 3.8) is 0 Å². The van der Waals surface area contributed by atoms with Crippen molar-refractivity contribution < 1.29 is 9.90 Å². The molecule has 0 bridgehead atoms. The Kier molecular flexibility index (Phi) is 4.26. The first kappa shape index (κ1) is 15.1.